The maximum Gasteiger partial charge on any atom is 0.394 e. The molecule has 0 heterocycles. The van der Waals surface area contributed by atoms with Gasteiger partial charge in [0.2, 0.25) is 0 Å². The molecule has 0 spiro atoms. The third-order valence-electron chi connectivity index (χ3n) is 3.26. The minimum Gasteiger partial charge on any atom is -0.396 e. The van der Waals surface area contributed by atoms with E-state index >= 15 is 0 Å². The molecular formula is C14H32O5S. The average molecular weight is 312 g/mol. The van der Waals surface area contributed by atoms with Crippen LogP contribution in [0.5, 0.6) is 0 Å². The highest BCUT2D eigenvalue weighted by Gasteiger charge is 2.05. The van der Waals surface area contributed by atoms with Crippen LogP contribution >= 0.6 is 0 Å². The van der Waals surface area contributed by atoms with Crippen LogP contribution in [0.15, 0.2) is 0 Å². The lowest BCUT2D eigenvalue weighted by molar-refractivity contribution is 0.221. The van der Waals surface area contributed by atoms with Crippen LogP contribution in [0.1, 0.15) is 72.1 Å². The second kappa shape index (κ2) is 13.8. The van der Waals surface area contributed by atoms with Crippen molar-refractivity contribution >= 4 is 10.4 Å². The van der Waals surface area contributed by atoms with E-state index in [2.05, 4.69) is 20.8 Å². The van der Waals surface area contributed by atoms with Crippen LogP contribution in [0.2, 0.25) is 0 Å². The zero-order chi connectivity index (χ0) is 16.0. The van der Waals surface area contributed by atoms with Crippen LogP contribution in [0.25, 0.3) is 0 Å². The summed E-state index contributed by atoms with van der Waals surface area (Å²) in [7, 11) is -4.67. The van der Waals surface area contributed by atoms with Crippen molar-refractivity contribution in [2.45, 2.75) is 72.1 Å². The summed E-state index contributed by atoms with van der Waals surface area (Å²) < 4.78 is 31.6. The zero-order valence-electron chi connectivity index (χ0n) is 13.1. The lowest BCUT2D eigenvalue weighted by Gasteiger charge is -2.13. The molecule has 0 aliphatic heterocycles. The number of aliphatic hydroxyl groups is 1. The molecule has 0 amide bonds. The van der Waals surface area contributed by atoms with Crippen LogP contribution in [0.3, 0.4) is 0 Å². The van der Waals surface area contributed by atoms with Crippen molar-refractivity contribution in [1.82, 2.24) is 0 Å². The number of aliphatic hydroxyl groups excluding tert-OH is 1. The topological polar surface area (TPSA) is 94.8 Å². The van der Waals surface area contributed by atoms with E-state index in [0.29, 0.717) is 12.5 Å². The summed E-state index contributed by atoms with van der Waals surface area (Å²) in [6.07, 6.45) is 10.8. The minimum atomic E-state index is -4.67. The zero-order valence-corrected chi connectivity index (χ0v) is 13.9. The van der Waals surface area contributed by atoms with Crippen molar-refractivity contribution in [1.29, 1.82) is 0 Å². The van der Waals surface area contributed by atoms with Crippen LogP contribution in [0.4, 0.5) is 0 Å². The molecule has 2 unspecified atom stereocenters. The van der Waals surface area contributed by atoms with Crippen molar-refractivity contribution in [3.05, 3.63) is 0 Å². The van der Waals surface area contributed by atoms with Gasteiger partial charge in [0.05, 0.1) is 0 Å². The van der Waals surface area contributed by atoms with Gasteiger partial charge in [-0.15, -0.1) is 0 Å². The van der Waals surface area contributed by atoms with Gasteiger partial charge in [-0.25, -0.2) is 0 Å². The fourth-order valence-electron chi connectivity index (χ4n) is 1.90. The SMILES string of the molecule is CCCCCCCC(C)CCC(C)CO.O=S(=O)(O)O. The fourth-order valence-corrected chi connectivity index (χ4v) is 1.90. The van der Waals surface area contributed by atoms with E-state index in [4.69, 9.17) is 22.6 Å². The van der Waals surface area contributed by atoms with E-state index in [1.807, 2.05) is 0 Å². The number of hydrogen-bond donors (Lipinski definition) is 3. The highest BCUT2D eigenvalue weighted by atomic mass is 32.3. The summed E-state index contributed by atoms with van der Waals surface area (Å²) in [4.78, 5) is 0. The molecule has 0 saturated carbocycles. The third kappa shape index (κ3) is 26.4. The van der Waals surface area contributed by atoms with Gasteiger partial charge in [-0.05, 0) is 18.3 Å². The lowest BCUT2D eigenvalue weighted by Crippen LogP contribution is -2.04. The summed E-state index contributed by atoms with van der Waals surface area (Å²) in [5.74, 6) is 1.34. The molecule has 0 aromatic heterocycles. The Hall–Kier alpha value is -0.170. The predicted molar refractivity (Wildman–Crippen MR) is 82.2 cm³/mol. The van der Waals surface area contributed by atoms with Gasteiger partial charge in [-0.3, -0.25) is 9.11 Å². The van der Waals surface area contributed by atoms with Crippen molar-refractivity contribution in [3.63, 3.8) is 0 Å². The molecule has 0 aliphatic carbocycles. The van der Waals surface area contributed by atoms with Gasteiger partial charge in [0, 0.05) is 6.61 Å². The largest absolute Gasteiger partial charge is 0.396 e. The molecule has 124 valence electrons. The van der Waals surface area contributed by atoms with E-state index in [0.717, 1.165) is 5.92 Å². The van der Waals surface area contributed by atoms with Crippen LogP contribution in [-0.2, 0) is 10.4 Å². The Balaban J connectivity index is 0. The summed E-state index contributed by atoms with van der Waals surface area (Å²) in [6.45, 7) is 7.10. The standard InChI is InChI=1S/C14H30O.H2O4S/c1-4-5-6-7-8-9-13(2)10-11-14(3)12-15;1-5(2,3)4/h13-15H,4-12H2,1-3H3;(H2,1,2,3,4). The van der Waals surface area contributed by atoms with E-state index in [1.54, 1.807) is 0 Å². The third-order valence-corrected chi connectivity index (χ3v) is 3.26. The average Bonchev–Trinajstić information content (AvgIpc) is 2.33. The molecule has 0 aliphatic rings. The first kappa shape index (κ1) is 22.1. The second-order valence-corrected chi connectivity index (χ2v) is 6.52. The number of hydrogen-bond acceptors (Lipinski definition) is 3. The molecule has 0 aromatic rings. The van der Waals surface area contributed by atoms with Gasteiger partial charge in [-0.1, -0.05) is 65.7 Å². The maximum atomic E-state index is 8.92. The van der Waals surface area contributed by atoms with Gasteiger partial charge in [0.15, 0.2) is 0 Å². The summed E-state index contributed by atoms with van der Waals surface area (Å²) in [5.41, 5.74) is 0. The molecule has 0 bridgehead atoms. The molecule has 3 N–H and O–H groups in total. The van der Waals surface area contributed by atoms with Crippen molar-refractivity contribution in [2.75, 3.05) is 6.61 Å². The normalized spacial score (nSPS) is 14.3. The number of unbranched alkanes of at least 4 members (excludes halogenated alkanes) is 4. The summed E-state index contributed by atoms with van der Waals surface area (Å²) in [5, 5.41) is 8.92. The summed E-state index contributed by atoms with van der Waals surface area (Å²) in [6, 6.07) is 0. The Kier molecular flexibility index (Phi) is 15.3. The first-order chi connectivity index (χ1) is 9.20. The van der Waals surface area contributed by atoms with Crippen molar-refractivity contribution in [3.8, 4) is 0 Å². The molecule has 6 heteroatoms. The Bertz CT molecular complexity index is 282. The predicted octanol–water partition coefficient (Wildman–Crippen LogP) is 3.74. The maximum absolute atomic E-state index is 8.92. The van der Waals surface area contributed by atoms with E-state index in [9.17, 15) is 0 Å². The first-order valence-electron chi connectivity index (χ1n) is 7.51. The molecule has 2 atom stereocenters. The summed E-state index contributed by atoms with van der Waals surface area (Å²) >= 11 is 0. The van der Waals surface area contributed by atoms with Crippen LogP contribution < -0.4 is 0 Å². The second-order valence-electron chi connectivity index (χ2n) is 5.62. The smallest absolute Gasteiger partial charge is 0.394 e. The molecular weight excluding hydrogens is 280 g/mol. The number of rotatable bonds is 10. The Morgan fingerprint density at radius 2 is 1.30 bits per heavy atom. The highest BCUT2D eigenvalue weighted by molar-refractivity contribution is 7.79. The van der Waals surface area contributed by atoms with Gasteiger partial charge in [0.1, 0.15) is 0 Å². The fraction of sp³-hybridized carbons (Fsp3) is 1.00. The molecule has 0 aromatic carbocycles. The molecule has 0 fully saturated rings. The van der Waals surface area contributed by atoms with Crippen LogP contribution in [-0.4, -0.2) is 29.2 Å². The van der Waals surface area contributed by atoms with Crippen LogP contribution in [0, 0.1) is 11.8 Å². The monoisotopic (exact) mass is 312 g/mol. The Labute approximate surface area is 124 Å². The van der Waals surface area contributed by atoms with Crippen molar-refractivity contribution in [2.24, 2.45) is 11.8 Å². The Morgan fingerprint density at radius 3 is 1.75 bits per heavy atom. The van der Waals surface area contributed by atoms with E-state index < -0.39 is 10.4 Å². The van der Waals surface area contributed by atoms with E-state index in [1.165, 1.54) is 51.4 Å². The Morgan fingerprint density at radius 1 is 0.850 bits per heavy atom. The first-order valence-corrected chi connectivity index (χ1v) is 8.91. The van der Waals surface area contributed by atoms with Gasteiger partial charge >= 0.3 is 10.4 Å². The molecule has 0 rings (SSSR count). The van der Waals surface area contributed by atoms with E-state index in [-0.39, 0.29) is 0 Å². The molecule has 5 nitrogen and oxygen atoms in total. The highest BCUT2D eigenvalue weighted by Crippen LogP contribution is 2.18. The molecule has 0 saturated heterocycles. The van der Waals surface area contributed by atoms with Gasteiger partial charge in [-0.2, -0.15) is 8.42 Å². The van der Waals surface area contributed by atoms with Gasteiger partial charge in [0.25, 0.3) is 0 Å². The quantitative estimate of drug-likeness (QED) is 0.422. The molecule has 0 radical (unpaired) electrons. The van der Waals surface area contributed by atoms with Gasteiger partial charge < -0.3 is 5.11 Å². The molecule has 20 heavy (non-hydrogen) atoms. The lowest BCUT2D eigenvalue weighted by atomic mass is 9.94. The van der Waals surface area contributed by atoms with Crippen molar-refractivity contribution < 1.29 is 22.6 Å². The minimum absolute atomic E-state index is 0.350.